The van der Waals surface area contributed by atoms with E-state index in [1.165, 1.54) is 14.2 Å². The molecule has 3 N–H and O–H groups in total. The Morgan fingerprint density at radius 2 is 2.00 bits per heavy atom. The highest BCUT2D eigenvalue weighted by Crippen LogP contribution is 2.29. The summed E-state index contributed by atoms with van der Waals surface area (Å²) in [5.41, 5.74) is 0.625. The maximum Gasteiger partial charge on any atom is 0.314 e. The predicted molar refractivity (Wildman–Crippen MR) is 76.6 cm³/mol. The van der Waals surface area contributed by atoms with Crippen molar-refractivity contribution in [3.8, 4) is 11.5 Å². The maximum atomic E-state index is 11.3. The Bertz CT molecular complexity index is 442. The number of methoxy groups -OCH3 is 2. The van der Waals surface area contributed by atoms with Crippen LogP contribution in [0, 0.1) is 0 Å². The summed E-state index contributed by atoms with van der Waals surface area (Å²) in [5.74, 6) is 1.44. The van der Waals surface area contributed by atoms with Crippen LogP contribution < -0.4 is 20.1 Å². The Balaban J connectivity index is 2.59. The van der Waals surface area contributed by atoms with E-state index in [0.717, 1.165) is 0 Å². The van der Waals surface area contributed by atoms with Crippen LogP contribution in [0.4, 0.5) is 4.79 Å². The van der Waals surface area contributed by atoms with E-state index in [9.17, 15) is 9.90 Å². The van der Waals surface area contributed by atoms with Gasteiger partial charge in [0.1, 0.15) is 0 Å². The SMILES string of the molecule is COc1ccc(C(O)CNC(=O)NCCCl)cc1OC. The van der Waals surface area contributed by atoms with Crippen molar-refractivity contribution in [3.05, 3.63) is 23.8 Å². The number of benzene rings is 1. The first-order valence-electron chi connectivity index (χ1n) is 6.10. The quantitative estimate of drug-likeness (QED) is 0.663. The third-order valence-corrected chi connectivity index (χ3v) is 2.82. The van der Waals surface area contributed by atoms with E-state index in [0.29, 0.717) is 29.5 Å². The number of rotatable bonds is 7. The Kier molecular flexibility index (Phi) is 6.97. The standard InChI is InChI=1S/C13H19ClN2O4/c1-19-11-4-3-9(7-12(11)20-2)10(17)8-16-13(18)15-6-5-14/h3-4,7,10,17H,5-6,8H2,1-2H3,(H2,15,16,18). The number of amides is 2. The second kappa shape index (κ2) is 8.50. The number of nitrogens with one attached hydrogen (secondary N) is 2. The van der Waals surface area contributed by atoms with Crippen LogP contribution in [0.1, 0.15) is 11.7 Å². The van der Waals surface area contributed by atoms with E-state index in [2.05, 4.69) is 10.6 Å². The van der Waals surface area contributed by atoms with Gasteiger partial charge in [0.2, 0.25) is 0 Å². The lowest BCUT2D eigenvalue weighted by Gasteiger charge is -2.15. The largest absolute Gasteiger partial charge is 0.493 e. The lowest BCUT2D eigenvalue weighted by atomic mass is 10.1. The van der Waals surface area contributed by atoms with Crippen LogP contribution in [0.5, 0.6) is 11.5 Å². The number of urea groups is 1. The molecule has 1 rings (SSSR count). The first-order valence-corrected chi connectivity index (χ1v) is 6.63. The molecular weight excluding hydrogens is 284 g/mol. The van der Waals surface area contributed by atoms with Crippen molar-refractivity contribution in [2.24, 2.45) is 0 Å². The highest BCUT2D eigenvalue weighted by molar-refractivity contribution is 6.18. The Morgan fingerprint density at radius 3 is 2.60 bits per heavy atom. The van der Waals surface area contributed by atoms with Crippen molar-refractivity contribution in [1.82, 2.24) is 10.6 Å². The molecule has 0 aliphatic heterocycles. The zero-order chi connectivity index (χ0) is 15.0. The molecule has 1 atom stereocenters. The molecule has 0 bridgehead atoms. The van der Waals surface area contributed by atoms with Crippen LogP contribution in [-0.4, -0.2) is 44.3 Å². The first kappa shape index (κ1) is 16.4. The number of aliphatic hydroxyl groups excluding tert-OH is 1. The fraction of sp³-hybridized carbons (Fsp3) is 0.462. The van der Waals surface area contributed by atoms with Gasteiger partial charge >= 0.3 is 6.03 Å². The van der Waals surface area contributed by atoms with Gasteiger partial charge in [-0.25, -0.2) is 4.79 Å². The lowest BCUT2D eigenvalue weighted by Crippen LogP contribution is -2.38. The normalized spacial score (nSPS) is 11.6. The van der Waals surface area contributed by atoms with Crippen LogP contribution in [0.3, 0.4) is 0 Å². The average Bonchev–Trinajstić information content (AvgIpc) is 2.49. The number of hydrogen-bond acceptors (Lipinski definition) is 4. The number of carbonyl (C=O) groups is 1. The zero-order valence-electron chi connectivity index (χ0n) is 11.5. The molecule has 0 aliphatic rings. The lowest BCUT2D eigenvalue weighted by molar-refractivity contribution is 0.172. The molecule has 0 fully saturated rings. The molecule has 1 aromatic rings. The van der Waals surface area contributed by atoms with Gasteiger partial charge in [0.15, 0.2) is 11.5 Å². The van der Waals surface area contributed by atoms with Gasteiger partial charge in [0.25, 0.3) is 0 Å². The van der Waals surface area contributed by atoms with Gasteiger partial charge in [-0.2, -0.15) is 0 Å². The Hall–Kier alpha value is -1.66. The summed E-state index contributed by atoms with van der Waals surface area (Å²) >= 11 is 5.45. The van der Waals surface area contributed by atoms with Crippen LogP contribution >= 0.6 is 11.6 Å². The minimum absolute atomic E-state index is 0.0869. The van der Waals surface area contributed by atoms with Gasteiger partial charge in [0, 0.05) is 19.0 Å². The smallest absolute Gasteiger partial charge is 0.314 e. The Morgan fingerprint density at radius 1 is 1.30 bits per heavy atom. The molecule has 2 amide bonds. The van der Waals surface area contributed by atoms with Crippen molar-refractivity contribution < 1.29 is 19.4 Å². The summed E-state index contributed by atoms with van der Waals surface area (Å²) in [7, 11) is 3.06. The molecule has 0 heterocycles. The molecule has 0 aliphatic carbocycles. The number of halogens is 1. The van der Waals surface area contributed by atoms with E-state index in [1.54, 1.807) is 18.2 Å². The molecule has 0 aromatic heterocycles. The zero-order valence-corrected chi connectivity index (χ0v) is 12.2. The fourth-order valence-corrected chi connectivity index (χ4v) is 1.69. The molecule has 1 aromatic carbocycles. The number of carbonyl (C=O) groups excluding carboxylic acids is 1. The fourth-order valence-electron chi connectivity index (χ4n) is 1.59. The van der Waals surface area contributed by atoms with Gasteiger partial charge in [-0.15, -0.1) is 11.6 Å². The van der Waals surface area contributed by atoms with Crippen LogP contribution in [0.15, 0.2) is 18.2 Å². The third-order valence-electron chi connectivity index (χ3n) is 2.63. The molecule has 0 radical (unpaired) electrons. The summed E-state index contributed by atoms with van der Waals surface area (Å²) in [6.45, 7) is 0.462. The van der Waals surface area contributed by atoms with Crippen molar-refractivity contribution in [2.45, 2.75) is 6.10 Å². The third kappa shape index (κ3) is 4.79. The monoisotopic (exact) mass is 302 g/mol. The van der Waals surface area contributed by atoms with E-state index in [4.69, 9.17) is 21.1 Å². The number of alkyl halides is 1. The number of ether oxygens (including phenoxy) is 2. The Labute approximate surface area is 123 Å². The number of hydrogen-bond donors (Lipinski definition) is 3. The van der Waals surface area contributed by atoms with Crippen molar-refractivity contribution in [1.29, 1.82) is 0 Å². The van der Waals surface area contributed by atoms with Gasteiger partial charge < -0.3 is 25.2 Å². The number of aliphatic hydroxyl groups is 1. The summed E-state index contributed by atoms with van der Waals surface area (Å²) in [6.07, 6.45) is -0.837. The molecule has 1 unspecified atom stereocenters. The molecule has 112 valence electrons. The molecule has 20 heavy (non-hydrogen) atoms. The summed E-state index contributed by atoms with van der Waals surface area (Å²) in [4.78, 5) is 11.3. The summed E-state index contributed by atoms with van der Waals surface area (Å²) in [5, 5.41) is 15.1. The topological polar surface area (TPSA) is 79.8 Å². The van der Waals surface area contributed by atoms with E-state index in [1.807, 2.05) is 0 Å². The van der Waals surface area contributed by atoms with Crippen molar-refractivity contribution >= 4 is 17.6 Å². The molecular formula is C13H19ClN2O4. The maximum absolute atomic E-state index is 11.3. The van der Waals surface area contributed by atoms with Gasteiger partial charge in [-0.3, -0.25) is 0 Å². The molecule has 0 saturated heterocycles. The molecule has 7 heteroatoms. The molecule has 6 nitrogen and oxygen atoms in total. The van der Waals surface area contributed by atoms with Gasteiger partial charge in [0.05, 0.1) is 20.3 Å². The van der Waals surface area contributed by atoms with Crippen molar-refractivity contribution in [2.75, 3.05) is 33.2 Å². The highest BCUT2D eigenvalue weighted by atomic mass is 35.5. The van der Waals surface area contributed by atoms with Crippen LogP contribution in [-0.2, 0) is 0 Å². The second-order valence-electron chi connectivity index (χ2n) is 3.96. The molecule has 0 saturated carbocycles. The van der Waals surface area contributed by atoms with Crippen molar-refractivity contribution in [3.63, 3.8) is 0 Å². The average molecular weight is 303 g/mol. The minimum Gasteiger partial charge on any atom is -0.493 e. The van der Waals surface area contributed by atoms with Gasteiger partial charge in [-0.1, -0.05) is 6.07 Å². The van der Waals surface area contributed by atoms with E-state index >= 15 is 0 Å². The minimum atomic E-state index is -0.837. The predicted octanol–water partition coefficient (Wildman–Crippen LogP) is 1.28. The summed E-state index contributed by atoms with van der Waals surface area (Å²) < 4.78 is 10.3. The second-order valence-corrected chi connectivity index (χ2v) is 4.33. The first-order chi connectivity index (χ1) is 9.62. The van der Waals surface area contributed by atoms with Crippen LogP contribution in [0.25, 0.3) is 0 Å². The van der Waals surface area contributed by atoms with E-state index in [-0.39, 0.29) is 12.6 Å². The highest BCUT2D eigenvalue weighted by Gasteiger charge is 2.12. The van der Waals surface area contributed by atoms with E-state index < -0.39 is 6.10 Å². The van der Waals surface area contributed by atoms with Gasteiger partial charge in [-0.05, 0) is 17.7 Å². The summed E-state index contributed by atoms with van der Waals surface area (Å²) in [6, 6.07) is 4.71. The van der Waals surface area contributed by atoms with Crippen LogP contribution in [0.2, 0.25) is 0 Å². The molecule has 0 spiro atoms.